The van der Waals surface area contributed by atoms with Crippen LogP contribution in [0.15, 0.2) is 41.0 Å². The molecule has 6 heteroatoms. The molecule has 92 valence electrons. The normalized spacial score (nSPS) is 10.1. The molecule has 4 nitrogen and oxygen atoms in total. The van der Waals surface area contributed by atoms with E-state index < -0.39 is 0 Å². The number of benzene rings is 1. The van der Waals surface area contributed by atoms with E-state index in [1.54, 1.807) is 36.5 Å². The molecule has 18 heavy (non-hydrogen) atoms. The minimum absolute atomic E-state index is 0.199. The van der Waals surface area contributed by atoms with Crippen molar-refractivity contribution in [1.82, 2.24) is 15.5 Å². The number of nitrogens with zero attached hydrogens (tertiary/aromatic N) is 2. The van der Waals surface area contributed by atoms with Crippen LogP contribution < -0.4 is 5.32 Å². The maximum Gasteiger partial charge on any atom is 0.251 e. The van der Waals surface area contributed by atoms with Gasteiger partial charge in [0.05, 0.1) is 17.3 Å². The summed E-state index contributed by atoms with van der Waals surface area (Å²) >= 11 is 9.20. The molecule has 0 saturated heterocycles. The van der Waals surface area contributed by atoms with Crippen LogP contribution in [0.5, 0.6) is 0 Å². The summed E-state index contributed by atoms with van der Waals surface area (Å²) < 4.78 is 0.759. The predicted molar refractivity (Wildman–Crippen MR) is 72.4 cm³/mol. The summed E-state index contributed by atoms with van der Waals surface area (Å²) in [5.74, 6) is -0.199. The van der Waals surface area contributed by atoms with Gasteiger partial charge in [-0.1, -0.05) is 11.6 Å². The molecule has 0 aliphatic heterocycles. The number of rotatable bonds is 3. The highest BCUT2D eigenvalue weighted by Crippen LogP contribution is 2.23. The van der Waals surface area contributed by atoms with Crippen molar-refractivity contribution < 1.29 is 4.79 Å². The second-order valence-electron chi connectivity index (χ2n) is 3.53. The Kier molecular flexibility index (Phi) is 4.28. The molecule has 2 aromatic rings. The van der Waals surface area contributed by atoms with E-state index in [0.29, 0.717) is 22.8 Å². The molecule has 1 aromatic carbocycles. The molecule has 0 unspecified atom stereocenters. The molecule has 1 amide bonds. The molecule has 1 heterocycles. The van der Waals surface area contributed by atoms with Gasteiger partial charge in [0, 0.05) is 16.2 Å². The number of hydrogen-bond donors (Lipinski definition) is 1. The third kappa shape index (κ3) is 3.27. The maximum absolute atomic E-state index is 11.8. The first-order chi connectivity index (χ1) is 8.66. The summed E-state index contributed by atoms with van der Waals surface area (Å²) in [5, 5.41) is 10.9. The zero-order chi connectivity index (χ0) is 13.0. The largest absolute Gasteiger partial charge is 0.346 e. The van der Waals surface area contributed by atoms with Gasteiger partial charge in [0.25, 0.3) is 5.91 Å². The lowest BCUT2D eigenvalue weighted by Crippen LogP contribution is -2.23. The highest BCUT2D eigenvalue weighted by Gasteiger charge is 2.07. The Bertz CT molecular complexity index is 563. The van der Waals surface area contributed by atoms with Crippen molar-refractivity contribution in [2.75, 3.05) is 0 Å². The van der Waals surface area contributed by atoms with Crippen LogP contribution in [0.25, 0.3) is 0 Å². The Hall–Kier alpha value is -1.46. The summed E-state index contributed by atoms with van der Waals surface area (Å²) in [7, 11) is 0. The molecular formula is C12H9BrClN3O. The average Bonchev–Trinajstić information content (AvgIpc) is 2.40. The second kappa shape index (κ2) is 5.93. The molecule has 0 bridgehead atoms. The number of nitrogens with one attached hydrogen (secondary N) is 1. The van der Waals surface area contributed by atoms with Crippen LogP contribution in [0.4, 0.5) is 0 Å². The first kappa shape index (κ1) is 13.0. The summed E-state index contributed by atoms with van der Waals surface area (Å²) in [6, 6.07) is 8.60. The molecular weight excluding hydrogens is 318 g/mol. The molecule has 0 radical (unpaired) electrons. The lowest BCUT2D eigenvalue weighted by atomic mass is 10.2. The number of hydrogen-bond acceptors (Lipinski definition) is 3. The highest BCUT2D eigenvalue weighted by molar-refractivity contribution is 9.10. The van der Waals surface area contributed by atoms with E-state index in [-0.39, 0.29) is 5.91 Å². The van der Waals surface area contributed by atoms with E-state index in [1.807, 2.05) is 0 Å². The van der Waals surface area contributed by atoms with E-state index in [9.17, 15) is 4.79 Å². The van der Waals surface area contributed by atoms with Crippen molar-refractivity contribution in [2.45, 2.75) is 6.54 Å². The number of aromatic nitrogens is 2. The fourth-order valence-corrected chi connectivity index (χ4v) is 1.77. The fourth-order valence-electron chi connectivity index (χ4n) is 1.34. The third-order valence-electron chi connectivity index (χ3n) is 2.24. The van der Waals surface area contributed by atoms with Crippen LogP contribution in [0.2, 0.25) is 5.02 Å². The zero-order valence-electron chi connectivity index (χ0n) is 9.23. The van der Waals surface area contributed by atoms with Gasteiger partial charge in [-0.15, -0.1) is 0 Å². The van der Waals surface area contributed by atoms with Crippen molar-refractivity contribution in [3.05, 3.63) is 57.3 Å². The number of amides is 1. The van der Waals surface area contributed by atoms with E-state index >= 15 is 0 Å². The number of halogens is 2. The van der Waals surface area contributed by atoms with Gasteiger partial charge in [-0.2, -0.15) is 10.2 Å². The van der Waals surface area contributed by atoms with E-state index in [4.69, 9.17) is 11.6 Å². The average molecular weight is 327 g/mol. The lowest BCUT2D eigenvalue weighted by molar-refractivity contribution is 0.0950. The van der Waals surface area contributed by atoms with Crippen LogP contribution in [-0.4, -0.2) is 16.1 Å². The molecule has 0 atom stereocenters. The van der Waals surface area contributed by atoms with E-state index in [1.165, 1.54) is 0 Å². The first-order valence-electron chi connectivity index (χ1n) is 5.16. The minimum Gasteiger partial charge on any atom is -0.346 e. The Morgan fingerprint density at radius 3 is 2.89 bits per heavy atom. The summed E-state index contributed by atoms with van der Waals surface area (Å²) in [4.78, 5) is 11.8. The summed E-state index contributed by atoms with van der Waals surface area (Å²) in [6.07, 6.45) is 1.58. The molecule has 0 saturated carbocycles. The quantitative estimate of drug-likeness (QED) is 0.943. The van der Waals surface area contributed by atoms with Gasteiger partial charge in [0.15, 0.2) is 0 Å². The monoisotopic (exact) mass is 325 g/mol. The smallest absolute Gasteiger partial charge is 0.251 e. The standard InChI is InChI=1S/C12H9BrClN3O/c13-10-4-3-8(6-11(10)14)12(18)15-7-9-2-1-5-16-17-9/h1-6H,7H2,(H,15,18). The van der Waals surface area contributed by atoms with Gasteiger partial charge in [0.1, 0.15) is 0 Å². The van der Waals surface area contributed by atoms with Crippen LogP contribution in [0.3, 0.4) is 0 Å². The van der Waals surface area contributed by atoms with Gasteiger partial charge in [0.2, 0.25) is 0 Å². The molecule has 0 aliphatic carbocycles. The molecule has 1 N–H and O–H groups in total. The van der Waals surface area contributed by atoms with Crippen molar-refractivity contribution in [2.24, 2.45) is 0 Å². The molecule has 2 rings (SSSR count). The fraction of sp³-hybridized carbons (Fsp3) is 0.0833. The van der Waals surface area contributed by atoms with Crippen LogP contribution in [0.1, 0.15) is 16.1 Å². The van der Waals surface area contributed by atoms with Crippen LogP contribution in [-0.2, 0) is 6.54 Å². The Labute approximate surface area is 118 Å². The molecule has 1 aromatic heterocycles. The molecule has 0 aliphatic rings. The topological polar surface area (TPSA) is 54.9 Å². The zero-order valence-corrected chi connectivity index (χ0v) is 11.6. The van der Waals surface area contributed by atoms with Crippen LogP contribution in [0, 0.1) is 0 Å². The van der Waals surface area contributed by atoms with Gasteiger partial charge in [-0.3, -0.25) is 4.79 Å². The lowest BCUT2D eigenvalue weighted by Gasteiger charge is -2.05. The SMILES string of the molecule is O=C(NCc1cccnn1)c1ccc(Br)c(Cl)c1. The van der Waals surface area contributed by atoms with Gasteiger partial charge in [-0.25, -0.2) is 0 Å². The summed E-state index contributed by atoms with van der Waals surface area (Å²) in [5.41, 5.74) is 1.21. The van der Waals surface area contributed by atoms with Crippen molar-refractivity contribution in [3.8, 4) is 0 Å². The second-order valence-corrected chi connectivity index (χ2v) is 4.79. The molecule has 0 fully saturated rings. The third-order valence-corrected chi connectivity index (χ3v) is 3.47. The highest BCUT2D eigenvalue weighted by atomic mass is 79.9. The van der Waals surface area contributed by atoms with Crippen molar-refractivity contribution >= 4 is 33.4 Å². The van der Waals surface area contributed by atoms with Gasteiger partial charge in [-0.05, 0) is 46.3 Å². The van der Waals surface area contributed by atoms with E-state index in [0.717, 1.165) is 4.47 Å². The first-order valence-corrected chi connectivity index (χ1v) is 6.34. The van der Waals surface area contributed by atoms with Gasteiger partial charge < -0.3 is 5.32 Å². The molecule has 0 spiro atoms. The van der Waals surface area contributed by atoms with Crippen LogP contribution >= 0.6 is 27.5 Å². The Morgan fingerprint density at radius 1 is 1.39 bits per heavy atom. The Balaban J connectivity index is 2.02. The van der Waals surface area contributed by atoms with E-state index in [2.05, 4.69) is 31.4 Å². The number of carbonyl (C=O) groups is 1. The number of carbonyl (C=O) groups excluding carboxylic acids is 1. The summed E-state index contributed by atoms with van der Waals surface area (Å²) in [6.45, 7) is 0.334. The van der Waals surface area contributed by atoms with Crippen molar-refractivity contribution in [3.63, 3.8) is 0 Å². The predicted octanol–water partition coefficient (Wildman–Crippen LogP) is 2.82. The van der Waals surface area contributed by atoms with Crippen molar-refractivity contribution in [1.29, 1.82) is 0 Å². The maximum atomic E-state index is 11.8. The van der Waals surface area contributed by atoms with Gasteiger partial charge >= 0.3 is 0 Å². The Morgan fingerprint density at radius 2 is 2.22 bits per heavy atom. The minimum atomic E-state index is -0.199.